The van der Waals surface area contributed by atoms with Gasteiger partial charge in [-0.1, -0.05) is 41.7 Å². The molecule has 0 unspecified atom stereocenters. The third kappa shape index (κ3) is 20.3. The predicted molar refractivity (Wildman–Crippen MR) is 513 cm³/mol. The maximum atomic E-state index is 13.3. The summed E-state index contributed by atoms with van der Waals surface area (Å²) in [7, 11) is 0. The summed E-state index contributed by atoms with van der Waals surface area (Å²) in [6.07, 6.45) is 34.2. The van der Waals surface area contributed by atoms with Crippen molar-refractivity contribution in [1.82, 2.24) is 127 Å². The monoisotopic (exact) mass is 1880 g/mol. The molecule has 0 bridgehead atoms. The molecule has 3 aromatic carbocycles. The number of ether oxygens (including phenoxy) is 1. The maximum absolute atomic E-state index is 13.3. The second-order valence-corrected chi connectivity index (χ2v) is 38.0. The summed E-state index contributed by atoms with van der Waals surface area (Å²) in [4.78, 5) is 101. The number of H-pyrrole nitrogens is 1. The number of aromatic nitrogens is 24. The summed E-state index contributed by atoms with van der Waals surface area (Å²) in [6.45, 7) is 24.4. The van der Waals surface area contributed by atoms with Crippen molar-refractivity contribution in [2.24, 2.45) is 0 Å². The molecule has 5 aliphatic carbocycles. The Morgan fingerprint density at radius 2 is 0.923 bits per heavy atom. The van der Waals surface area contributed by atoms with Crippen molar-refractivity contribution in [3.8, 4) is 17.5 Å². The third-order valence-electron chi connectivity index (χ3n) is 23.2. The molecular formula is C91H111BrClN29O6S2. The van der Waals surface area contributed by atoms with Crippen LogP contribution >= 0.6 is 51.9 Å². The minimum atomic E-state index is -0.523. The fourth-order valence-electron chi connectivity index (χ4n) is 16.1. The van der Waals surface area contributed by atoms with Gasteiger partial charge in [0.05, 0.1) is 24.2 Å². The summed E-state index contributed by atoms with van der Waals surface area (Å²) >= 11 is 6.21. The van der Waals surface area contributed by atoms with Crippen LogP contribution in [0.25, 0.3) is 61.6 Å². The number of carbonyl (C=O) groups is 1. The molecule has 35 nitrogen and oxygen atoms in total. The highest BCUT2D eigenvalue weighted by molar-refractivity contribution is 9.10. The Hall–Kier alpha value is -12.0. The predicted octanol–water partition coefficient (Wildman–Crippen LogP) is 16.2. The standard InChI is InChI=1S/C28H34N8O3.C23H26N8O.C15H18N6OS.C10H13N.C9H12N4OS.C6H7BrN2.ClH/c1-17(2)35-25(37)22-15-29-26(31-24(22)36(35)23-11-13-34(32-23)21-8-9-21)30-20-7-6-19-16-33(12-10-18(19)14-20)27(38)39-28(3,4)5;1-14(2)30-22(32)19-13-25-23(26-17-4-3-16-12-24-9-7-15(16)11-17)27-21(19)31(30)20-8-10-29(28-20)18-5-6-18;1-9(2)20-14(22)11-8-16-15(23-3)17-13(11)21(20)12-6-7-19(18-12)10-4-5-10;11-10-6-5-8-3-1-2-4-9(8)7-10;1-5(2)13-8(14)6-4-10-9(15-3)11-7(6)12-13;7-6-3-4-9(8-6)5-1-2-5;/h6-7,11,13-15,17,21H,8-10,12,16H2,1-5H3,(H,29,30,31);3-4,8,10-11,13-14,18,24H,5-7,9,12H2,1-2H3,(H,25,26,27);6-10H,4-5H2,1-3H3;5-7H,1-4,11H2;4-5H,1-3H3,(H,10,11,12);3-5H,1-2H2;1H. The smallest absolute Gasteiger partial charge is 0.410 e. The normalized spacial score (nSPS) is 15.2. The molecule has 0 atom stereocenters. The topological polar surface area (TPSA) is 385 Å². The van der Waals surface area contributed by atoms with Gasteiger partial charge >= 0.3 is 6.09 Å². The van der Waals surface area contributed by atoms with Gasteiger partial charge in [0, 0.05) is 129 Å². The Morgan fingerprint density at radius 3 is 1.38 bits per heavy atom. The van der Waals surface area contributed by atoms with Crippen molar-refractivity contribution < 1.29 is 9.53 Å². The van der Waals surface area contributed by atoms with E-state index < -0.39 is 5.60 Å². The number of nitrogen functional groups attached to an aromatic ring is 1. The third-order valence-corrected chi connectivity index (χ3v) is 24.7. The quantitative estimate of drug-likeness (QED) is 0.0321. The lowest BCUT2D eigenvalue weighted by Gasteiger charge is -2.31. The van der Waals surface area contributed by atoms with E-state index in [4.69, 9.17) is 30.6 Å². The number of rotatable bonds is 17. The Bertz CT molecular complexity index is 6890. The number of hydrogen-bond donors (Lipinski definition) is 5. The van der Waals surface area contributed by atoms with Crippen LogP contribution in [-0.4, -0.2) is 159 Å². The van der Waals surface area contributed by atoms with Crippen LogP contribution in [0.1, 0.15) is 222 Å². The van der Waals surface area contributed by atoms with Crippen molar-refractivity contribution in [2.75, 3.05) is 42.0 Å². The van der Waals surface area contributed by atoms with E-state index in [0.717, 1.165) is 90.2 Å². The minimum absolute atomic E-state index is 0. The molecular weight excluding hydrogens is 1770 g/mol. The van der Waals surface area contributed by atoms with Gasteiger partial charge in [-0.2, -0.15) is 30.4 Å². The van der Waals surface area contributed by atoms with Crippen LogP contribution < -0.4 is 43.9 Å². The van der Waals surface area contributed by atoms with Gasteiger partial charge in [0.2, 0.25) is 11.9 Å². The fourth-order valence-corrected chi connectivity index (χ4v) is 17.1. The molecule has 682 valence electrons. The molecule has 22 rings (SSSR count). The fraction of sp³-hybridized carbons (Fsp3) is 0.440. The number of aryl methyl sites for hydroxylation is 2. The molecule has 0 saturated heterocycles. The molecule has 14 heterocycles. The molecule has 2 aliphatic heterocycles. The molecule has 130 heavy (non-hydrogen) atoms. The second-order valence-electron chi connectivity index (χ2n) is 35.7. The molecule has 0 spiro atoms. The van der Waals surface area contributed by atoms with Gasteiger partial charge in [-0.15, -0.1) is 12.4 Å². The maximum Gasteiger partial charge on any atom is 0.410 e. The zero-order valence-corrected chi connectivity index (χ0v) is 79.4. The number of nitrogens with two attached hydrogens (primary N) is 1. The van der Waals surface area contributed by atoms with Gasteiger partial charge in [-0.3, -0.25) is 43.0 Å². The number of fused-ring (bicyclic) bond motifs is 7. The van der Waals surface area contributed by atoms with Gasteiger partial charge in [0.25, 0.3) is 22.2 Å². The summed E-state index contributed by atoms with van der Waals surface area (Å²) < 4.78 is 26.5. The van der Waals surface area contributed by atoms with Crippen molar-refractivity contribution in [3.63, 3.8) is 0 Å². The zero-order chi connectivity index (χ0) is 90.4. The van der Waals surface area contributed by atoms with Crippen LogP contribution in [0.15, 0.2) is 163 Å². The number of anilines is 5. The van der Waals surface area contributed by atoms with Crippen LogP contribution in [0.2, 0.25) is 0 Å². The van der Waals surface area contributed by atoms with E-state index in [-0.39, 0.29) is 64.9 Å². The molecule has 15 aromatic rings. The van der Waals surface area contributed by atoms with E-state index in [1.54, 1.807) is 53.1 Å². The van der Waals surface area contributed by atoms with E-state index in [2.05, 4.69) is 107 Å². The first kappa shape index (κ1) is 91.3. The number of aromatic amines is 1. The minimum Gasteiger partial charge on any atom is -0.444 e. The Labute approximate surface area is 773 Å². The number of benzene rings is 3. The van der Waals surface area contributed by atoms with E-state index >= 15 is 0 Å². The first-order valence-corrected chi connectivity index (χ1v) is 47.6. The Balaban J connectivity index is 0.000000122. The first-order chi connectivity index (χ1) is 62.1. The SMILES string of the molecule is Brc1ccn(C2CC2)n1.CC(C)n1c(=O)c2cnc(Nc3ccc4c(c3)CCN(C(=O)OC(C)(C)C)C4)nc2n1-c1ccn(C2CC2)n1.CC(C)n1c(=O)c2cnc(Nc3ccc4c(c3)CCNC4)nc2n1-c1ccn(C2CC2)n1.CSc1ncc2c(=O)n(C(C)C)[nH]c2n1.CSc1ncc2c(=O)n(C(C)C)n(-c3ccn(C4CC4)n3)c2n1.Cl.Nc1ccc2c(c1)CCCC2. The summed E-state index contributed by atoms with van der Waals surface area (Å²) in [6, 6.07) is 28.5. The van der Waals surface area contributed by atoms with E-state index in [9.17, 15) is 24.0 Å². The first-order valence-electron chi connectivity index (χ1n) is 44.4. The molecule has 39 heteroatoms. The van der Waals surface area contributed by atoms with Crippen molar-refractivity contribution >= 4 is 131 Å². The largest absolute Gasteiger partial charge is 0.444 e. The van der Waals surface area contributed by atoms with Crippen LogP contribution in [0.3, 0.4) is 0 Å². The van der Waals surface area contributed by atoms with Gasteiger partial charge in [-0.05, 0) is 277 Å². The molecule has 0 radical (unpaired) electrons. The number of amides is 1. The molecule has 4 fully saturated rings. The van der Waals surface area contributed by atoms with E-state index in [1.807, 2.05) is 190 Å². The van der Waals surface area contributed by atoms with Crippen LogP contribution in [0.4, 0.5) is 33.8 Å². The number of hydrogen-bond acceptors (Lipinski definition) is 24. The lowest BCUT2D eigenvalue weighted by atomic mass is 9.91. The van der Waals surface area contributed by atoms with Crippen LogP contribution in [-0.2, 0) is 43.5 Å². The summed E-state index contributed by atoms with van der Waals surface area (Å²) in [5.74, 6) is 2.94. The summed E-state index contributed by atoms with van der Waals surface area (Å²) in [5, 5.41) is 34.7. The van der Waals surface area contributed by atoms with E-state index in [0.29, 0.717) is 115 Å². The Morgan fingerprint density at radius 1 is 0.492 bits per heavy atom. The zero-order valence-electron chi connectivity index (χ0n) is 75.3. The average Bonchev–Trinajstić information content (AvgIpc) is 1.60. The van der Waals surface area contributed by atoms with Crippen molar-refractivity contribution in [2.45, 2.75) is 243 Å². The number of nitrogens with zero attached hydrogens (tertiary/aromatic N) is 24. The lowest BCUT2D eigenvalue weighted by Crippen LogP contribution is -2.39. The molecule has 7 aliphatic rings. The molecule has 12 aromatic heterocycles. The molecule has 4 saturated carbocycles. The highest BCUT2D eigenvalue weighted by Crippen LogP contribution is 2.39. The van der Waals surface area contributed by atoms with Gasteiger partial charge in [0.1, 0.15) is 31.7 Å². The van der Waals surface area contributed by atoms with Gasteiger partial charge in [0.15, 0.2) is 50.4 Å². The number of nitrogens with one attached hydrogen (secondary N) is 4. The highest BCUT2D eigenvalue weighted by atomic mass is 79.9. The van der Waals surface area contributed by atoms with Crippen LogP contribution in [0, 0.1) is 0 Å². The van der Waals surface area contributed by atoms with Crippen LogP contribution in [0.5, 0.6) is 0 Å². The molecule has 1 amide bonds. The Kier molecular flexibility index (Phi) is 27.1. The van der Waals surface area contributed by atoms with Crippen molar-refractivity contribution in [3.05, 3.63) is 208 Å². The lowest BCUT2D eigenvalue weighted by molar-refractivity contribution is 0.0224. The average molecular weight is 1890 g/mol. The second kappa shape index (κ2) is 38.6. The van der Waals surface area contributed by atoms with E-state index in [1.165, 1.54) is 97.1 Å². The van der Waals surface area contributed by atoms with Gasteiger partial charge in [-0.25, -0.2) is 67.5 Å². The highest BCUT2D eigenvalue weighted by Gasteiger charge is 2.33. The number of thioether (sulfide) groups is 2. The summed E-state index contributed by atoms with van der Waals surface area (Å²) in [5.41, 5.74) is 17.6. The number of carbonyl (C=O) groups excluding carboxylic acids is 1. The van der Waals surface area contributed by atoms with Crippen molar-refractivity contribution in [1.29, 1.82) is 0 Å². The molecule has 6 N–H and O–H groups in total. The van der Waals surface area contributed by atoms with Gasteiger partial charge < -0.3 is 31.3 Å². The number of halogens is 2.